The fraction of sp³-hybridized carbons (Fsp3) is 1.00. The first kappa shape index (κ1) is 14.9. The summed E-state index contributed by atoms with van der Waals surface area (Å²) in [6.07, 6.45) is 7.27. The standard InChI is InChI=1S/C14H30N2O/c1-3-6-13(15)14(11-17)16-9-5-7-12(4-2)8-10-16/h12-14,17H,3-11,15H2,1-2H3. The molecule has 0 saturated carbocycles. The molecule has 3 nitrogen and oxygen atoms in total. The quantitative estimate of drug-likeness (QED) is 0.749. The Morgan fingerprint density at radius 2 is 2.06 bits per heavy atom. The number of hydrogen-bond acceptors (Lipinski definition) is 3. The van der Waals surface area contributed by atoms with Crippen molar-refractivity contribution in [1.29, 1.82) is 0 Å². The second kappa shape index (κ2) is 8.06. The van der Waals surface area contributed by atoms with Gasteiger partial charge >= 0.3 is 0 Å². The van der Waals surface area contributed by atoms with Gasteiger partial charge in [-0.05, 0) is 44.7 Å². The molecule has 1 fully saturated rings. The normalized spacial score (nSPS) is 26.5. The van der Waals surface area contributed by atoms with Gasteiger partial charge in [-0.3, -0.25) is 4.90 Å². The fourth-order valence-electron chi connectivity index (χ4n) is 2.97. The Labute approximate surface area is 106 Å². The molecular weight excluding hydrogens is 212 g/mol. The lowest BCUT2D eigenvalue weighted by Gasteiger charge is -2.33. The zero-order chi connectivity index (χ0) is 12.7. The van der Waals surface area contributed by atoms with Crippen LogP contribution in [0.2, 0.25) is 0 Å². The summed E-state index contributed by atoms with van der Waals surface area (Å²) < 4.78 is 0. The van der Waals surface area contributed by atoms with Gasteiger partial charge < -0.3 is 10.8 Å². The van der Waals surface area contributed by atoms with E-state index in [2.05, 4.69) is 18.7 Å². The van der Waals surface area contributed by atoms with Crippen LogP contribution in [0.15, 0.2) is 0 Å². The smallest absolute Gasteiger partial charge is 0.0601 e. The summed E-state index contributed by atoms with van der Waals surface area (Å²) in [6.45, 7) is 6.87. The number of rotatable bonds is 6. The molecule has 3 unspecified atom stereocenters. The van der Waals surface area contributed by atoms with Gasteiger partial charge in [0.05, 0.1) is 6.61 Å². The summed E-state index contributed by atoms with van der Waals surface area (Å²) in [6, 6.07) is 0.300. The van der Waals surface area contributed by atoms with Crippen molar-refractivity contribution in [2.45, 2.75) is 64.5 Å². The molecule has 0 aromatic heterocycles. The van der Waals surface area contributed by atoms with Crippen molar-refractivity contribution in [3.63, 3.8) is 0 Å². The Bertz CT molecular complexity index is 199. The van der Waals surface area contributed by atoms with Gasteiger partial charge in [-0.15, -0.1) is 0 Å². The average Bonchev–Trinajstić information content (AvgIpc) is 2.56. The van der Waals surface area contributed by atoms with Crippen molar-refractivity contribution in [3.8, 4) is 0 Å². The molecule has 1 saturated heterocycles. The molecule has 1 aliphatic heterocycles. The van der Waals surface area contributed by atoms with Crippen LogP contribution in [0.4, 0.5) is 0 Å². The summed E-state index contributed by atoms with van der Waals surface area (Å²) in [7, 11) is 0. The molecule has 0 aromatic carbocycles. The van der Waals surface area contributed by atoms with Crippen molar-refractivity contribution in [3.05, 3.63) is 0 Å². The van der Waals surface area contributed by atoms with Gasteiger partial charge in [0, 0.05) is 12.1 Å². The zero-order valence-corrected chi connectivity index (χ0v) is 11.6. The summed E-state index contributed by atoms with van der Waals surface area (Å²) in [5.74, 6) is 0.877. The van der Waals surface area contributed by atoms with E-state index in [9.17, 15) is 5.11 Å². The van der Waals surface area contributed by atoms with Crippen LogP contribution in [0.25, 0.3) is 0 Å². The molecule has 3 N–H and O–H groups in total. The van der Waals surface area contributed by atoms with E-state index < -0.39 is 0 Å². The first-order valence-electron chi connectivity index (χ1n) is 7.33. The van der Waals surface area contributed by atoms with Crippen LogP contribution < -0.4 is 5.73 Å². The lowest BCUT2D eigenvalue weighted by Crippen LogP contribution is -2.50. The van der Waals surface area contributed by atoms with Crippen LogP contribution in [0.1, 0.15) is 52.4 Å². The highest BCUT2D eigenvalue weighted by molar-refractivity contribution is 4.83. The van der Waals surface area contributed by atoms with Crippen molar-refractivity contribution in [2.24, 2.45) is 11.7 Å². The minimum Gasteiger partial charge on any atom is -0.395 e. The van der Waals surface area contributed by atoms with Crippen molar-refractivity contribution in [2.75, 3.05) is 19.7 Å². The molecule has 1 aliphatic rings. The Morgan fingerprint density at radius 1 is 1.29 bits per heavy atom. The average molecular weight is 242 g/mol. The van der Waals surface area contributed by atoms with E-state index >= 15 is 0 Å². The van der Waals surface area contributed by atoms with Crippen LogP contribution >= 0.6 is 0 Å². The Kier molecular flexibility index (Phi) is 7.09. The Hall–Kier alpha value is -0.120. The monoisotopic (exact) mass is 242 g/mol. The summed E-state index contributed by atoms with van der Waals surface area (Å²) >= 11 is 0. The van der Waals surface area contributed by atoms with Crippen LogP contribution in [-0.2, 0) is 0 Å². The molecule has 0 bridgehead atoms. The SMILES string of the molecule is CCCC(N)C(CO)N1CCCC(CC)CC1. The van der Waals surface area contributed by atoms with Gasteiger partial charge in [-0.2, -0.15) is 0 Å². The maximum Gasteiger partial charge on any atom is 0.0601 e. The Balaban J connectivity index is 2.50. The number of hydrogen-bond donors (Lipinski definition) is 2. The molecule has 0 aromatic rings. The molecular formula is C14H30N2O. The van der Waals surface area contributed by atoms with Crippen molar-refractivity contribution in [1.82, 2.24) is 4.90 Å². The molecule has 1 heterocycles. The minimum absolute atomic E-state index is 0.128. The van der Waals surface area contributed by atoms with E-state index in [4.69, 9.17) is 5.73 Å². The summed E-state index contributed by atoms with van der Waals surface area (Å²) in [5, 5.41) is 9.57. The molecule has 3 heteroatoms. The zero-order valence-electron chi connectivity index (χ0n) is 11.6. The fourth-order valence-corrected chi connectivity index (χ4v) is 2.97. The van der Waals surface area contributed by atoms with Crippen LogP contribution in [0.5, 0.6) is 0 Å². The molecule has 3 atom stereocenters. The lowest BCUT2D eigenvalue weighted by atomic mass is 9.98. The molecule has 0 aliphatic carbocycles. The van der Waals surface area contributed by atoms with Gasteiger partial charge in [0.2, 0.25) is 0 Å². The lowest BCUT2D eigenvalue weighted by molar-refractivity contribution is 0.103. The van der Waals surface area contributed by atoms with E-state index in [-0.39, 0.29) is 18.7 Å². The van der Waals surface area contributed by atoms with Crippen LogP contribution in [-0.4, -0.2) is 41.8 Å². The highest BCUT2D eigenvalue weighted by Crippen LogP contribution is 2.22. The first-order chi connectivity index (χ1) is 8.22. The second-order valence-electron chi connectivity index (χ2n) is 5.44. The number of aliphatic hydroxyl groups is 1. The van der Waals surface area contributed by atoms with Crippen molar-refractivity contribution >= 4 is 0 Å². The van der Waals surface area contributed by atoms with E-state index in [0.717, 1.165) is 31.8 Å². The van der Waals surface area contributed by atoms with Gasteiger partial charge in [-0.1, -0.05) is 26.7 Å². The molecule has 17 heavy (non-hydrogen) atoms. The van der Waals surface area contributed by atoms with Gasteiger partial charge in [-0.25, -0.2) is 0 Å². The van der Waals surface area contributed by atoms with E-state index in [1.54, 1.807) is 0 Å². The molecule has 0 amide bonds. The third-order valence-electron chi connectivity index (χ3n) is 4.23. The van der Waals surface area contributed by atoms with Crippen molar-refractivity contribution < 1.29 is 5.11 Å². The molecule has 0 radical (unpaired) electrons. The predicted molar refractivity (Wildman–Crippen MR) is 73.0 cm³/mol. The number of nitrogens with two attached hydrogens (primary N) is 1. The van der Waals surface area contributed by atoms with Crippen LogP contribution in [0.3, 0.4) is 0 Å². The second-order valence-corrected chi connectivity index (χ2v) is 5.44. The highest BCUT2D eigenvalue weighted by Gasteiger charge is 2.26. The third kappa shape index (κ3) is 4.57. The third-order valence-corrected chi connectivity index (χ3v) is 4.23. The van der Waals surface area contributed by atoms with E-state index in [1.165, 1.54) is 25.7 Å². The summed E-state index contributed by atoms with van der Waals surface area (Å²) in [4.78, 5) is 2.43. The minimum atomic E-state index is 0.128. The van der Waals surface area contributed by atoms with E-state index in [0.29, 0.717) is 0 Å². The first-order valence-corrected chi connectivity index (χ1v) is 7.33. The number of nitrogens with zero attached hydrogens (tertiary/aromatic N) is 1. The molecule has 102 valence electrons. The topological polar surface area (TPSA) is 49.5 Å². The predicted octanol–water partition coefficient (Wildman–Crippen LogP) is 1.99. The maximum absolute atomic E-state index is 9.57. The highest BCUT2D eigenvalue weighted by atomic mass is 16.3. The van der Waals surface area contributed by atoms with Gasteiger partial charge in [0.15, 0.2) is 0 Å². The number of likely N-dealkylation sites (tertiary alicyclic amines) is 1. The van der Waals surface area contributed by atoms with Gasteiger partial charge in [0.25, 0.3) is 0 Å². The van der Waals surface area contributed by atoms with E-state index in [1.807, 2.05) is 0 Å². The van der Waals surface area contributed by atoms with Crippen LogP contribution in [0, 0.1) is 5.92 Å². The molecule has 1 rings (SSSR count). The Morgan fingerprint density at radius 3 is 2.65 bits per heavy atom. The summed E-state index contributed by atoms with van der Waals surface area (Å²) in [5.41, 5.74) is 6.19. The van der Waals surface area contributed by atoms with Gasteiger partial charge in [0.1, 0.15) is 0 Å². The largest absolute Gasteiger partial charge is 0.395 e. The molecule has 0 spiro atoms. The maximum atomic E-state index is 9.57. The number of aliphatic hydroxyl groups excluding tert-OH is 1.